The van der Waals surface area contributed by atoms with E-state index >= 15 is 0 Å². The molecule has 21 heavy (non-hydrogen) atoms. The van der Waals surface area contributed by atoms with Crippen LogP contribution in [0.25, 0.3) is 0 Å². The van der Waals surface area contributed by atoms with E-state index in [-0.39, 0.29) is 4.90 Å². The second-order valence-corrected chi connectivity index (χ2v) is 8.03. The molecule has 6 heteroatoms. The largest absolute Gasteiger partial charge is 0.312 e. The van der Waals surface area contributed by atoms with Crippen LogP contribution in [0.15, 0.2) is 40.4 Å². The lowest BCUT2D eigenvalue weighted by Gasteiger charge is -2.18. The highest BCUT2D eigenvalue weighted by molar-refractivity contribution is 7.89. The topological polar surface area (TPSA) is 58.2 Å². The van der Waals surface area contributed by atoms with Gasteiger partial charge in [0.2, 0.25) is 0 Å². The highest BCUT2D eigenvalue weighted by Crippen LogP contribution is 2.48. The number of allylic oxidation sites excluding steroid dienone is 2. The maximum Gasteiger partial charge on any atom is 0.257 e. The number of nitrogens with one attached hydrogen (secondary N) is 2. The van der Waals surface area contributed by atoms with Crippen LogP contribution in [-0.2, 0) is 10.0 Å². The summed E-state index contributed by atoms with van der Waals surface area (Å²) in [5, 5.41) is 0.516. The summed E-state index contributed by atoms with van der Waals surface area (Å²) >= 11 is 5.77. The summed E-state index contributed by atoms with van der Waals surface area (Å²) in [6.07, 6.45) is 4.92. The van der Waals surface area contributed by atoms with Gasteiger partial charge in [0.25, 0.3) is 10.0 Å². The van der Waals surface area contributed by atoms with Crippen molar-refractivity contribution in [2.24, 2.45) is 11.8 Å². The zero-order chi connectivity index (χ0) is 15.0. The standard InChI is InChI=1S/C15H19ClN2O2S/c1-10(15-9-11-2-3-12(15)8-11)17-18-21(19,20)14-6-4-13(16)5-7-14/h4-7,11-12,17-18H,2-3,8-9H2,1H3/b15-10-/t11-,12+/m1/s1. The van der Waals surface area contributed by atoms with Gasteiger partial charge in [-0.25, -0.2) is 8.42 Å². The van der Waals surface area contributed by atoms with Crippen molar-refractivity contribution in [3.63, 3.8) is 0 Å². The first-order chi connectivity index (χ1) is 9.95. The molecule has 2 atom stereocenters. The molecule has 2 aliphatic carbocycles. The smallest absolute Gasteiger partial charge is 0.257 e. The molecule has 0 aromatic heterocycles. The van der Waals surface area contributed by atoms with Crippen molar-refractivity contribution in [1.29, 1.82) is 0 Å². The van der Waals surface area contributed by atoms with Gasteiger partial charge in [-0.2, -0.15) is 0 Å². The van der Waals surface area contributed by atoms with E-state index in [1.165, 1.54) is 37.0 Å². The van der Waals surface area contributed by atoms with E-state index < -0.39 is 10.0 Å². The van der Waals surface area contributed by atoms with Gasteiger partial charge in [0.1, 0.15) is 0 Å². The van der Waals surface area contributed by atoms with Crippen LogP contribution in [0.1, 0.15) is 32.6 Å². The lowest BCUT2D eigenvalue weighted by molar-refractivity contribution is 0.544. The Kier molecular flexibility index (Phi) is 3.99. The van der Waals surface area contributed by atoms with E-state index in [4.69, 9.17) is 11.6 Å². The first-order valence-corrected chi connectivity index (χ1v) is 9.05. The Morgan fingerprint density at radius 3 is 2.52 bits per heavy atom. The molecule has 3 rings (SSSR count). The average molecular weight is 327 g/mol. The molecule has 2 aliphatic rings. The van der Waals surface area contributed by atoms with Gasteiger partial charge >= 0.3 is 0 Å². The number of rotatable bonds is 4. The van der Waals surface area contributed by atoms with Crippen LogP contribution in [0.5, 0.6) is 0 Å². The summed E-state index contributed by atoms with van der Waals surface area (Å²) in [5.41, 5.74) is 5.20. The van der Waals surface area contributed by atoms with Crippen molar-refractivity contribution >= 4 is 21.6 Å². The van der Waals surface area contributed by atoms with Crippen LogP contribution >= 0.6 is 11.6 Å². The van der Waals surface area contributed by atoms with Gasteiger partial charge in [0.05, 0.1) is 4.90 Å². The minimum Gasteiger partial charge on any atom is -0.312 e. The van der Waals surface area contributed by atoms with Crippen LogP contribution in [0.2, 0.25) is 5.02 Å². The molecular formula is C15H19ClN2O2S. The Bertz CT molecular complexity index is 667. The summed E-state index contributed by atoms with van der Waals surface area (Å²) in [5.74, 6) is 1.44. The van der Waals surface area contributed by atoms with Gasteiger partial charge < -0.3 is 5.43 Å². The first-order valence-electron chi connectivity index (χ1n) is 7.19. The van der Waals surface area contributed by atoms with Crippen molar-refractivity contribution in [2.45, 2.75) is 37.5 Å². The van der Waals surface area contributed by atoms with Crippen LogP contribution in [0.4, 0.5) is 0 Å². The van der Waals surface area contributed by atoms with Gasteiger partial charge in [0.15, 0.2) is 0 Å². The molecule has 0 amide bonds. The lowest BCUT2D eigenvalue weighted by Crippen LogP contribution is -2.36. The molecule has 0 saturated heterocycles. The Labute approximate surface area is 130 Å². The fraction of sp³-hybridized carbons (Fsp3) is 0.467. The summed E-state index contributed by atoms with van der Waals surface area (Å²) in [6, 6.07) is 6.12. The zero-order valence-corrected chi connectivity index (χ0v) is 13.5. The van der Waals surface area contributed by atoms with E-state index in [9.17, 15) is 8.42 Å². The lowest BCUT2D eigenvalue weighted by atomic mass is 9.93. The third-order valence-corrected chi connectivity index (χ3v) is 6.04. The SMILES string of the molecule is C/C(NNS(=O)(=O)c1ccc(Cl)cc1)=C1\C[C@@H]2CC[C@H]1C2. The van der Waals surface area contributed by atoms with E-state index in [1.54, 1.807) is 12.1 Å². The van der Waals surface area contributed by atoms with Gasteiger partial charge in [-0.05, 0) is 74.3 Å². The predicted molar refractivity (Wildman–Crippen MR) is 83.1 cm³/mol. The highest BCUT2D eigenvalue weighted by atomic mass is 35.5. The van der Waals surface area contributed by atoms with Crippen LogP contribution in [0, 0.1) is 11.8 Å². The van der Waals surface area contributed by atoms with Crippen molar-refractivity contribution < 1.29 is 8.42 Å². The highest BCUT2D eigenvalue weighted by Gasteiger charge is 2.36. The van der Waals surface area contributed by atoms with E-state index in [2.05, 4.69) is 10.3 Å². The van der Waals surface area contributed by atoms with Gasteiger partial charge in [-0.15, -0.1) is 4.83 Å². The quantitative estimate of drug-likeness (QED) is 0.835. The summed E-state index contributed by atoms with van der Waals surface area (Å²) in [4.78, 5) is 2.65. The van der Waals surface area contributed by atoms with E-state index in [0.29, 0.717) is 10.9 Å². The molecule has 2 N–H and O–H groups in total. The van der Waals surface area contributed by atoms with E-state index in [0.717, 1.165) is 18.0 Å². The minimum atomic E-state index is -3.57. The van der Waals surface area contributed by atoms with Crippen molar-refractivity contribution in [3.8, 4) is 0 Å². The molecule has 114 valence electrons. The van der Waals surface area contributed by atoms with Crippen molar-refractivity contribution in [2.75, 3.05) is 0 Å². The molecule has 2 bridgehead atoms. The van der Waals surface area contributed by atoms with Crippen molar-refractivity contribution in [1.82, 2.24) is 10.3 Å². The molecule has 2 saturated carbocycles. The maximum atomic E-state index is 12.2. The zero-order valence-electron chi connectivity index (χ0n) is 11.9. The number of hydrogen-bond donors (Lipinski definition) is 2. The van der Waals surface area contributed by atoms with Crippen LogP contribution < -0.4 is 10.3 Å². The molecule has 1 aromatic rings. The monoisotopic (exact) mass is 326 g/mol. The van der Waals surface area contributed by atoms with Crippen LogP contribution in [-0.4, -0.2) is 8.42 Å². The minimum absolute atomic E-state index is 0.199. The number of hydrazine groups is 1. The summed E-state index contributed by atoms with van der Waals surface area (Å²) in [6.45, 7) is 1.94. The molecule has 0 heterocycles. The average Bonchev–Trinajstić information content (AvgIpc) is 3.08. The predicted octanol–water partition coefficient (Wildman–Crippen LogP) is 3.22. The third-order valence-electron chi connectivity index (χ3n) is 4.52. The van der Waals surface area contributed by atoms with Gasteiger partial charge in [-0.3, -0.25) is 0 Å². The van der Waals surface area contributed by atoms with Crippen molar-refractivity contribution in [3.05, 3.63) is 40.6 Å². The molecular weight excluding hydrogens is 308 g/mol. The Hall–Kier alpha value is -1.04. The number of sulfonamides is 1. The summed E-state index contributed by atoms with van der Waals surface area (Å²) in [7, 11) is -3.57. The number of hydrogen-bond acceptors (Lipinski definition) is 3. The third kappa shape index (κ3) is 3.10. The molecule has 1 aromatic carbocycles. The fourth-order valence-electron chi connectivity index (χ4n) is 3.41. The molecule has 0 aliphatic heterocycles. The second-order valence-electron chi connectivity index (χ2n) is 5.91. The Morgan fingerprint density at radius 1 is 1.24 bits per heavy atom. The normalized spacial score (nSPS) is 27.0. The molecule has 0 spiro atoms. The van der Waals surface area contributed by atoms with Crippen LogP contribution in [0.3, 0.4) is 0 Å². The summed E-state index contributed by atoms with van der Waals surface area (Å²) < 4.78 is 24.4. The maximum absolute atomic E-state index is 12.2. The molecule has 0 unspecified atom stereocenters. The van der Waals surface area contributed by atoms with Gasteiger partial charge in [0, 0.05) is 10.7 Å². The molecule has 2 fully saturated rings. The fourth-order valence-corrected chi connectivity index (χ4v) is 4.44. The number of fused-ring (bicyclic) bond motifs is 2. The van der Waals surface area contributed by atoms with E-state index in [1.807, 2.05) is 6.92 Å². The second kappa shape index (κ2) is 5.63. The Morgan fingerprint density at radius 2 is 1.95 bits per heavy atom. The Balaban J connectivity index is 1.69. The molecule has 0 radical (unpaired) electrons. The molecule has 4 nitrogen and oxygen atoms in total. The number of halogens is 1. The first kappa shape index (κ1) is 14.9. The van der Waals surface area contributed by atoms with Gasteiger partial charge in [-0.1, -0.05) is 11.6 Å². The number of benzene rings is 1.